The lowest BCUT2D eigenvalue weighted by molar-refractivity contribution is -0.192. The van der Waals surface area contributed by atoms with Crippen LogP contribution in [0.2, 0.25) is 0 Å². The van der Waals surface area contributed by atoms with Gasteiger partial charge in [0, 0.05) is 25.7 Å². The highest BCUT2D eigenvalue weighted by Gasteiger charge is 2.38. The van der Waals surface area contributed by atoms with E-state index in [2.05, 4.69) is 22.2 Å². The second-order valence-corrected chi connectivity index (χ2v) is 4.30. The summed E-state index contributed by atoms with van der Waals surface area (Å²) >= 11 is 0. The number of aliphatic carboxylic acids is 1. The molecular formula is C11H14F4N4O2. The van der Waals surface area contributed by atoms with Gasteiger partial charge in [0.15, 0.2) is 11.6 Å². The molecule has 0 bridgehead atoms. The lowest BCUT2D eigenvalue weighted by Gasteiger charge is -2.32. The third kappa shape index (κ3) is 5.50. The average Bonchev–Trinajstić information content (AvgIpc) is 2.39. The summed E-state index contributed by atoms with van der Waals surface area (Å²) in [6.45, 7) is 4.52. The fraction of sp³-hybridized carbons (Fsp3) is 0.545. The van der Waals surface area contributed by atoms with E-state index < -0.39 is 12.1 Å². The number of hydrogen-bond donors (Lipinski definition) is 2. The molecule has 0 spiro atoms. The minimum absolute atomic E-state index is 0.346. The van der Waals surface area contributed by atoms with E-state index in [1.54, 1.807) is 0 Å². The number of halogens is 4. The Kier molecular flexibility index (Phi) is 5.82. The first kappa shape index (κ1) is 17.1. The molecule has 6 nitrogen and oxygen atoms in total. The summed E-state index contributed by atoms with van der Waals surface area (Å²) in [5.74, 6) is -2.69. The van der Waals surface area contributed by atoms with Gasteiger partial charge in [-0.3, -0.25) is 0 Å². The topological polar surface area (TPSA) is 78.4 Å². The Hall–Kier alpha value is -1.97. The molecule has 2 N–H and O–H groups in total. The van der Waals surface area contributed by atoms with Gasteiger partial charge in [-0.15, -0.1) is 0 Å². The molecular weight excluding hydrogens is 296 g/mol. The lowest BCUT2D eigenvalue weighted by atomic mass is 10.2. The van der Waals surface area contributed by atoms with E-state index in [9.17, 15) is 17.6 Å². The highest BCUT2D eigenvalue weighted by atomic mass is 19.4. The Morgan fingerprint density at radius 2 is 2.14 bits per heavy atom. The molecule has 1 fully saturated rings. The third-order valence-corrected chi connectivity index (χ3v) is 2.56. The van der Waals surface area contributed by atoms with E-state index in [1.165, 1.54) is 12.5 Å². The number of carboxylic acid groups (broad SMARTS) is 1. The molecule has 10 heteroatoms. The molecule has 1 aromatic heterocycles. The van der Waals surface area contributed by atoms with E-state index in [4.69, 9.17) is 9.90 Å². The molecule has 118 valence electrons. The summed E-state index contributed by atoms with van der Waals surface area (Å²) < 4.78 is 45.1. The van der Waals surface area contributed by atoms with Gasteiger partial charge in [-0.2, -0.15) is 13.2 Å². The quantitative estimate of drug-likeness (QED) is 0.755. The van der Waals surface area contributed by atoms with Gasteiger partial charge in [0.25, 0.3) is 0 Å². The first-order valence-corrected chi connectivity index (χ1v) is 5.95. The molecule has 1 aromatic rings. The van der Waals surface area contributed by atoms with Crippen LogP contribution in [0.3, 0.4) is 0 Å². The van der Waals surface area contributed by atoms with Crippen LogP contribution in [0, 0.1) is 5.82 Å². The number of nitrogens with one attached hydrogen (secondary N) is 1. The smallest absolute Gasteiger partial charge is 0.475 e. The Labute approximate surface area is 117 Å². The van der Waals surface area contributed by atoms with Gasteiger partial charge in [0.1, 0.15) is 6.33 Å². The molecule has 0 unspecified atom stereocenters. The van der Waals surface area contributed by atoms with Crippen molar-refractivity contribution in [2.75, 3.05) is 24.5 Å². The molecule has 0 amide bonds. The number of rotatable bonds is 1. The molecule has 2 heterocycles. The fourth-order valence-corrected chi connectivity index (χ4v) is 1.66. The molecule has 0 saturated carbocycles. The van der Waals surface area contributed by atoms with E-state index in [-0.39, 0.29) is 5.82 Å². The van der Waals surface area contributed by atoms with Gasteiger partial charge in [-0.1, -0.05) is 0 Å². The molecule has 21 heavy (non-hydrogen) atoms. The number of nitrogens with zero attached hydrogens (tertiary/aromatic N) is 3. The van der Waals surface area contributed by atoms with Crippen LogP contribution in [0.4, 0.5) is 23.4 Å². The zero-order chi connectivity index (χ0) is 16.0. The number of anilines is 1. The molecule has 0 radical (unpaired) electrons. The minimum Gasteiger partial charge on any atom is -0.475 e. The highest BCUT2D eigenvalue weighted by molar-refractivity contribution is 5.73. The summed E-state index contributed by atoms with van der Waals surface area (Å²) in [6.07, 6.45) is -2.50. The summed E-state index contributed by atoms with van der Waals surface area (Å²) in [7, 11) is 0. The van der Waals surface area contributed by atoms with Gasteiger partial charge < -0.3 is 15.3 Å². The number of piperazine rings is 1. The summed E-state index contributed by atoms with van der Waals surface area (Å²) in [5, 5.41) is 10.4. The monoisotopic (exact) mass is 310 g/mol. The first-order chi connectivity index (χ1) is 9.71. The maximum atomic E-state index is 13.3. The highest BCUT2D eigenvalue weighted by Crippen LogP contribution is 2.15. The van der Waals surface area contributed by atoms with Crippen molar-refractivity contribution < 1.29 is 27.5 Å². The van der Waals surface area contributed by atoms with Crippen LogP contribution in [0.15, 0.2) is 12.5 Å². The van der Waals surface area contributed by atoms with Crippen molar-refractivity contribution in [3.63, 3.8) is 0 Å². The molecule has 1 aliphatic rings. The van der Waals surface area contributed by atoms with Crippen LogP contribution in [-0.4, -0.2) is 52.9 Å². The largest absolute Gasteiger partial charge is 0.490 e. The summed E-state index contributed by atoms with van der Waals surface area (Å²) in [5.41, 5.74) is 0. The van der Waals surface area contributed by atoms with Gasteiger partial charge in [0.05, 0.1) is 6.20 Å². The number of alkyl halides is 3. The van der Waals surface area contributed by atoms with Crippen LogP contribution in [0.1, 0.15) is 6.92 Å². The second-order valence-electron chi connectivity index (χ2n) is 4.30. The van der Waals surface area contributed by atoms with E-state index in [1.807, 2.05) is 4.90 Å². The Morgan fingerprint density at radius 1 is 1.52 bits per heavy atom. The number of hydrogen-bond acceptors (Lipinski definition) is 5. The summed E-state index contributed by atoms with van der Waals surface area (Å²) in [6, 6.07) is 0.373. The van der Waals surface area contributed by atoms with Crippen LogP contribution in [0.25, 0.3) is 0 Å². The van der Waals surface area contributed by atoms with Crippen molar-refractivity contribution in [1.29, 1.82) is 0 Å². The van der Waals surface area contributed by atoms with Crippen LogP contribution >= 0.6 is 0 Å². The van der Waals surface area contributed by atoms with Crippen molar-refractivity contribution >= 4 is 11.8 Å². The Morgan fingerprint density at radius 3 is 2.62 bits per heavy atom. The zero-order valence-electron chi connectivity index (χ0n) is 11.1. The SMILES string of the molecule is C[C@H]1CN(c2ncncc2F)CCN1.O=C(O)C(F)(F)F. The molecule has 1 saturated heterocycles. The van der Waals surface area contributed by atoms with Crippen molar-refractivity contribution in [2.45, 2.75) is 19.1 Å². The molecule has 1 aliphatic heterocycles. The average molecular weight is 310 g/mol. The van der Waals surface area contributed by atoms with E-state index >= 15 is 0 Å². The third-order valence-electron chi connectivity index (χ3n) is 2.56. The fourth-order valence-electron chi connectivity index (χ4n) is 1.66. The molecule has 2 rings (SSSR count). The number of carboxylic acids is 1. The van der Waals surface area contributed by atoms with Crippen LogP contribution in [0.5, 0.6) is 0 Å². The summed E-state index contributed by atoms with van der Waals surface area (Å²) in [4.78, 5) is 18.4. The maximum absolute atomic E-state index is 13.3. The predicted octanol–water partition coefficient (Wildman–Crippen LogP) is 1.05. The first-order valence-electron chi connectivity index (χ1n) is 5.95. The normalized spacial score (nSPS) is 18.7. The van der Waals surface area contributed by atoms with Crippen molar-refractivity contribution in [2.24, 2.45) is 0 Å². The predicted molar refractivity (Wildman–Crippen MR) is 65.4 cm³/mol. The second kappa shape index (κ2) is 7.16. The van der Waals surface area contributed by atoms with Gasteiger partial charge in [-0.05, 0) is 6.92 Å². The molecule has 1 atom stereocenters. The molecule has 0 aliphatic carbocycles. The zero-order valence-corrected chi connectivity index (χ0v) is 11.1. The van der Waals surface area contributed by atoms with Crippen molar-refractivity contribution in [3.05, 3.63) is 18.3 Å². The molecule has 0 aromatic carbocycles. The van der Waals surface area contributed by atoms with Crippen LogP contribution in [-0.2, 0) is 4.79 Å². The number of carbonyl (C=O) groups is 1. The Bertz CT molecular complexity index is 484. The van der Waals surface area contributed by atoms with E-state index in [0.717, 1.165) is 19.6 Å². The van der Waals surface area contributed by atoms with Gasteiger partial charge in [0.2, 0.25) is 0 Å². The van der Waals surface area contributed by atoms with Crippen LogP contribution < -0.4 is 10.2 Å². The number of aromatic nitrogens is 2. The standard InChI is InChI=1S/C9H13FN4.C2HF3O2/c1-7-5-14(3-2-12-7)9-8(10)4-11-6-13-9;3-2(4,5)1(6)7/h4,6-7,12H,2-3,5H2,1H3;(H,6,7)/t7-;/m0./s1. The Balaban J connectivity index is 0.000000270. The van der Waals surface area contributed by atoms with Gasteiger partial charge in [-0.25, -0.2) is 19.2 Å². The van der Waals surface area contributed by atoms with Crippen molar-refractivity contribution in [1.82, 2.24) is 15.3 Å². The van der Waals surface area contributed by atoms with Gasteiger partial charge >= 0.3 is 12.1 Å². The maximum Gasteiger partial charge on any atom is 0.490 e. The minimum atomic E-state index is -5.08. The lowest BCUT2D eigenvalue weighted by Crippen LogP contribution is -2.49. The van der Waals surface area contributed by atoms with Crippen molar-refractivity contribution in [3.8, 4) is 0 Å². The van der Waals surface area contributed by atoms with E-state index in [0.29, 0.717) is 11.9 Å².